The van der Waals surface area contributed by atoms with E-state index in [0.29, 0.717) is 5.92 Å². The largest absolute Gasteiger partial charge is 0.497 e. The topological polar surface area (TPSA) is 67.3 Å². The van der Waals surface area contributed by atoms with Crippen molar-refractivity contribution in [1.82, 2.24) is 15.3 Å². The molecule has 0 saturated carbocycles. The quantitative estimate of drug-likeness (QED) is 0.838. The van der Waals surface area contributed by atoms with Gasteiger partial charge in [0.15, 0.2) is 5.78 Å². The summed E-state index contributed by atoms with van der Waals surface area (Å²) in [6.07, 6.45) is 0. The van der Waals surface area contributed by atoms with Crippen LogP contribution in [0.3, 0.4) is 0 Å². The number of Topliss-reactive ketones (excluding diaryl/α,β-unsaturated/α-hetero) is 1. The normalized spacial score (nSPS) is 24.1. The van der Waals surface area contributed by atoms with Gasteiger partial charge in [0.2, 0.25) is 5.95 Å². The number of benzene rings is 1. The fraction of sp³-hybridized carbons (Fsp3) is 0.476. The number of nitrogens with one attached hydrogen (secondary N) is 1. The number of aromatic nitrogens is 2. The third-order valence-corrected chi connectivity index (χ3v) is 5.75. The number of rotatable bonds is 4. The molecule has 2 aliphatic rings. The predicted molar refractivity (Wildman–Crippen MR) is 105 cm³/mol. The lowest BCUT2D eigenvalue weighted by Crippen LogP contribution is -2.39. The van der Waals surface area contributed by atoms with Gasteiger partial charge in [-0.3, -0.25) is 4.79 Å². The molecular formula is C21H26N4O2. The van der Waals surface area contributed by atoms with Gasteiger partial charge in [0, 0.05) is 42.5 Å². The van der Waals surface area contributed by atoms with Crippen molar-refractivity contribution in [2.75, 3.05) is 31.6 Å². The van der Waals surface area contributed by atoms with Crippen molar-refractivity contribution < 1.29 is 9.53 Å². The van der Waals surface area contributed by atoms with Crippen LogP contribution in [0.25, 0.3) is 0 Å². The fourth-order valence-corrected chi connectivity index (χ4v) is 4.43. The number of fused-ring (bicyclic) bond motifs is 1. The van der Waals surface area contributed by atoms with Gasteiger partial charge in [0.05, 0.1) is 13.2 Å². The van der Waals surface area contributed by atoms with Gasteiger partial charge in [-0.2, -0.15) is 0 Å². The zero-order valence-corrected chi connectivity index (χ0v) is 16.3. The SMILES string of the molecule is COc1ccc(C(=O)C2NCC3CN(c4nc(C)cc(C)n4)CC32)c(C)c1. The third kappa shape index (κ3) is 3.30. The van der Waals surface area contributed by atoms with Crippen molar-refractivity contribution in [3.8, 4) is 5.75 Å². The number of carbonyl (C=O) groups is 1. The molecule has 6 heteroatoms. The number of carbonyl (C=O) groups excluding carboxylic acids is 1. The molecule has 142 valence electrons. The molecule has 3 atom stereocenters. The molecule has 1 aromatic carbocycles. The minimum atomic E-state index is -0.155. The molecule has 2 aromatic rings. The van der Waals surface area contributed by atoms with E-state index < -0.39 is 0 Å². The van der Waals surface area contributed by atoms with Crippen LogP contribution in [0.2, 0.25) is 0 Å². The Morgan fingerprint density at radius 2 is 1.89 bits per heavy atom. The van der Waals surface area contributed by atoms with E-state index in [9.17, 15) is 4.79 Å². The molecule has 0 aliphatic carbocycles. The van der Waals surface area contributed by atoms with Crippen molar-refractivity contribution in [2.24, 2.45) is 11.8 Å². The first-order chi connectivity index (χ1) is 13.0. The molecule has 0 bridgehead atoms. The van der Waals surface area contributed by atoms with Crippen LogP contribution in [0.4, 0.5) is 5.95 Å². The summed E-state index contributed by atoms with van der Waals surface area (Å²) in [6, 6.07) is 7.49. The molecule has 3 unspecified atom stereocenters. The summed E-state index contributed by atoms with van der Waals surface area (Å²) in [7, 11) is 1.64. The van der Waals surface area contributed by atoms with Gasteiger partial charge in [-0.25, -0.2) is 9.97 Å². The lowest BCUT2D eigenvalue weighted by atomic mass is 9.88. The van der Waals surface area contributed by atoms with Crippen LogP contribution in [0.5, 0.6) is 5.75 Å². The number of anilines is 1. The number of hydrogen-bond acceptors (Lipinski definition) is 6. The second kappa shape index (κ2) is 6.93. The highest BCUT2D eigenvalue weighted by Gasteiger charge is 2.46. The van der Waals surface area contributed by atoms with Crippen LogP contribution in [0.1, 0.15) is 27.3 Å². The van der Waals surface area contributed by atoms with E-state index in [1.165, 1.54) is 0 Å². The molecule has 2 saturated heterocycles. The van der Waals surface area contributed by atoms with E-state index in [2.05, 4.69) is 20.2 Å². The molecule has 27 heavy (non-hydrogen) atoms. The van der Waals surface area contributed by atoms with Gasteiger partial charge < -0.3 is 15.0 Å². The summed E-state index contributed by atoms with van der Waals surface area (Å²) in [5.41, 5.74) is 3.69. The zero-order chi connectivity index (χ0) is 19.1. The highest BCUT2D eigenvalue weighted by Crippen LogP contribution is 2.34. The minimum absolute atomic E-state index is 0.155. The van der Waals surface area contributed by atoms with Crippen LogP contribution < -0.4 is 15.0 Å². The average molecular weight is 366 g/mol. The van der Waals surface area contributed by atoms with Crippen molar-refractivity contribution in [1.29, 1.82) is 0 Å². The summed E-state index contributed by atoms with van der Waals surface area (Å²) in [6.45, 7) is 8.52. The van der Waals surface area contributed by atoms with Crippen LogP contribution >= 0.6 is 0 Å². The van der Waals surface area contributed by atoms with Gasteiger partial charge in [-0.15, -0.1) is 0 Å². The van der Waals surface area contributed by atoms with Crippen LogP contribution in [0.15, 0.2) is 24.3 Å². The van der Waals surface area contributed by atoms with Crippen molar-refractivity contribution >= 4 is 11.7 Å². The maximum atomic E-state index is 13.2. The highest BCUT2D eigenvalue weighted by molar-refractivity contribution is 6.02. The fourth-order valence-electron chi connectivity index (χ4n) is 4.43. The van der Waals surface area contributed by atoms with E-state index in [1.54, 1.807) is 7.11 Å². The van der Waals surface area contributed by atoms with E-state index in [1.807, 2.05) is 45.0 Å². The van der Waals surface area contributed by atoms with Crippen LogP contribution in [-0.4, -0.2) is 48.5 Å². The van der Waals surface area contributed by atoms with E-state index in [-0.39, 0.29) is 17.7 Å². The maximum absolute atomic E-state index is 13.2. The lowest BCUT2D eigenvalue weighted by molar-refractivity contribution is 0.0930. The Kier molecular flexibility index (Phi) is 4.60. The average Bonchev–Trinajstić information content (AvgIpc) is 3.20. The molecule has 1 aromatic heterocycles. The molecule has 3 heterocycles. The summed E-state index contributed by atoms with van der Waals surface area (Å²) in [5.74, 6) is 2.46. The summed E-state index contributed by atoms with van der Waals surface area (Å²) in [5, 5.41) is 3.46. The van der Waals surface area contributed by atoms with Crippen molar-refractivity contribution in [3.05, 3.63) is 46.8 Å². The summed E-state index contributed by atoms with van der Waals surface area (Å²) < 4.78 is 5.26. The van der Waals surface area contributed by atoms with Crippen LogP contribution in [-0.2, 0) is 0 Å². The first-order valence-corrected chi connectivity index (χ1v) is 9.45. The maximum Gasteiger partial charge on any atom is 0.225 e. The van der Waals surface area contributed by atoms with Crippen molar-refractivity contribution in [2.45, 2.75) is 26.8 Å². The number of ketones is 1. The first kappa shape index (κ1) is 17.9. The second-order valence-electron chi connectivity index (χ2n) is 7.71. The van der Waals surface area contributed by atoms with Gasteiger partial charge in [0.1, 0.15) is 5.75 Å². The molecule has 1 N–H and O–H groups in total. The van der Waals surface area contributed by atoms with E-state index in [4.69, 9.17) is 4.74 Å². The Morgan fingerprint density at radius 3 is 2.56 bits per heavy atom. The third-order valence-electron chi connectivity index (χ3n) is 5.75. The smallest absolute Gasteiger partial charge is 0.225 e. The lowest BCUT2D eigenvalue weighted by Gasteiger charge is -2.21. The van der Waals surface area contributed by atoms with Gasteiger partial charge in [0.25, 0.3) is 0 Å². The van der Waals surface area contributed by atoms with Gasteiger partial charge in [-0.05, 0) is 56.5 Å². The number of methoxy groups -OCH3 is 1. The first-order valence-electron chi connectivity index (χ1n) is 9.45. The standard InChI is InChI=1S/C21H26N4O2/c1-12-7-16(27-4)5-6-17(12)20(26)19-18-11-25(10-15(18)9-22-19)21-23-13(2)8-14(3)24-21/h5-8,15,18-19,22H,9-11H2,1-4H3. The number of hydrogen-bond donors (Lipinski definition) is 1. The Labute approximate surface area is 160 Å². The Bertz CT molecular complexity index is 862. The molecule has 0 spiro atoms. The number of nitrogens with zero attached hydrogens (tertiary/aromatic N) is 3. The van der Waals surface area contributed by atoms with Gasteiger partial charge in [-0.1, -0.05) is 0 Å². The molecule has 0 radical (unpaired) electrons. The predicted octanol–water partition coefficient (Wildman–Crippen LogP) is 2.32. The van der Waals surface area contributed by atoms with E-state index >= 15 is 0 Å². The van der Waals surface area contributed by atoms with Gasteiger partial charge >= 0.3 is 0 Å². The number of ether oxygens (including phenoxy) is 1. The minimum Gasteiger partial charge on any atom is -0.497 e. The highest BCUT2D eigenvalue weighted by atomic mass is 16.5. The molecular weight excluding hydrogens is 340 g/mol. The Balaban J connectivity index is 1.54. The number of aryl methyl sites for hydroxylation is 3. The monoisotopic (exact) mass is 366 g/mol. The van der Waals surface area contributed by atoms with Crippen molar-refractivity contribution in [3.63, 3.8) is 0 Å². The molecule has 0 amide bonds. The zero-order valence-electron chi connectivity index (χ0n) is 16.3. The molecule has 2 fully saturated rings. The second-order valence-corrected chi connectivity index (χ2v) is 7.71. The summed E-state index contributed by atoms with van der Waals surface area (Å²) >= 11 is 0. The van der Waals surface area contributed by atoms with E-state index in [0.717, 1.165) is 53.8 Å². The molecule has 4 rings (SSSR count). The summed E-state index contributed by atoms with van der Waals surface area (Å²) in [4.78, 5) is 24.6. The molecule has 2 aliphatic heterocycles. The Hall–Kier alpha value is -2.47. The molecule has 6 nitrogen and oxygen atoms in total. The Morgan fingerprint density at radius 1 is 1.15 bits per heavy atom. The van der Waals surface area contributed by atoms with Crippen LogP contribution in [0, 0.1) is 32.6 Å².